The van der Waals surface area contributed by atoms with Gasteiger partial charge in [-0.25, -0.2) is 10.2 Å². The van der Waals surface area contributed by atoms with Crippen LogP contribution in [0.5, 0.6) is 0 Å². The van der Waals surface area contributed by atoms with Crippen molar-refractivity contribution in [1.82, 2.24) is 10.4 Å². The van der Waals surface area contributed by atoms with Crippen molar-refractivity contribution < 1.29 is 9.90 Å². The van der Waals surface area contributed by atoms with Crippen molar-refractivity contribution in [2.75, 3.05) is 0 Å². The molecule has 2 N–H and O–H groups in total. The maximum Gasteiger partial charge on any atom is 0.425 e. The van der Waals surface area contributed by atoms with Gasteiger partial charge in [0.1, 0.15) is 0 Å². The average Bonchev–Trinajstić information content (AvgIpc) is 2.40. The van der Waals surface area contributed by atoms with Gasteiger partial charge in [-0.15, -0.1) is 0 Å². The highest BCUT2D eigenvalue weighted by Crippen LogP contribution is 2.15. The van der Waals surface area contributed by atoms with Crippen LogP contribution in [0.25, 0.3) is 11.3 Å². The van der Waals surface area contributed by atoms with Crippen LogP contribution in [-0.2, 0) is 0 Å². The smallest absolute Gasteiger partial charge is 0.425 e. The number of amides is 1. The number of aromatic nitrogens is 1. The zero-order valence-electron chi connectivity index (χ0n) is 9.45. The summed E-state index contributed by atoms with van der Waals surface area (Å²) in [6.45, 7) is 0. The molecule has 5 heteroatoms. The fourth-order valence-electron chi connectivity index (χ4n) is 1.44. The number of hydrogen-bond donors (Lipinski definition) is 2. The minimum Gasteiger partial charge on any atom is -0.464 e. The van der Waals surface area contributed by atoms with Gasteiger partial charge in [0.2, 0.25) is 0 Å². The van der Waals surface area contributed by atoms with E-state index in [-0.39, 0.29) is 0 Å². The van der Waals surface area contributed by atoms with E-state index in [1.54, 1.807) is 6.20 Å². The molecule has 0 fully saturated rings. The summed E-state index contributed by atoms with van der Waals surface area (Å²) in [6, 6.07) is 13.2. The van der Waals surface area contributed by atoms with Gasteiger partial charge in [-0.05, 0) is 17.7 Å². The predicted octanol–water partition coefficient (Wildman–Crippen LogP) is 2.35. The lowest BCUT2D eigenvalue weighted by Crippen LogP contribution is -2.13. The molecule has 0 saturated heterocycles. The number of rotatable bonds is 3. The Hall–Kier alpha value is -2.69. The van der Waals surface area contributed by atoms with Crippen LogP contribution in [0.4, 0.5) is 4.79 Å². The largest absolute Gasteiger partial charge is 0.464 e. The summed E-state index contributed by atoms with van der Waals surface area (Å²) in [4.78, 5) is 14.4. The molecule has 0 aliphatic rings. The van der Waals surface area contributed by atoms with Crippen LogP contribution in [0.3, 0.4) is 0 Å². The summed E-state index contributed by atoms with van der Waals surface area (Å²) in [7, 11) is 0. The number of nitrogens with zero attached hydrogens (tertiary/aromatic N) is 2. The molecule has 2 rings (SSSR count). The Morgan fingerprint density at radius 1 is 1.22 bits per heavy atom. The van der Waals surface area contributed by atoms with Crippen molar-refractivity contribution in [2.45, 2.75) is 0 Å². The highest BCUT2D eigenvalue weighted by molar-refractivity contribution is 5.81. The van der Waals surface area contributed by atoms with Crippen LogP contribution >= 0.6 is 0 Å². The summed E-state index contributed by atoms with van der Waals surface area (Å²) < 4.78 is 0. The van der Waals surface area contributed by atoms with Crippen molar-refractivity contribution in [1.29, 1.82) is 0 Å². The molecule has 0 spiro atoms. The molecule has 0 radical (unpaired) electrons. The molecule has 1 heterocycles. The summed E-state index contributed by atoms with van der Waals surface area (Å²) in [6.07, 6.45) is 1.99. The van der Waals surface area contributed by atoms with Gasteiger partial charge in [0.15, 0.2) is 0 Å². The Morgan fingerprint density at radius 2 is 2.00 bits per heavy atom. The van der Waals surface area contributed by atoms with E-state index in [4.69, 9.17) is 5.11 Å². The molecule has 1 amide bonds. The molecule has 0 aliphatic carbocycles. The zero-order chi connectivity index (χ0) is 12.8. The van der Waals surface area contributed by atoms with Crippen molar-refractivity contribution in [2.24, 2.45) is 5.10 Å². The van der Waals surface area contributed by atoms with Gasteiger partial charge < -0.3 is 5.11 Å². The Bertz CT molecular complexity index is 550. The van der Waals surface area contributed by atoms with Crippen LogP contribution in [-0.4, -0.2) is 22.4 Å². The van der Waals surface area contributed by atoms with E-state index >= 15 is 0 Å². The van der Waals surface area contributed by atoms with Gasteiger partial charge in [-0.2, -0.15) is 5.10 Å². The lowest BCUT2D eigenvalue weighted by molar-refractivity contribution is 0.195. The van der Waals surface area contributed by atoms with Crippen molar-refractivity contribution in [3.8, 4) is 11.3 Å². The minimum atomic E-state index is -1.18. The first-order valence-corrected chi connectivity index (χ1v) is 5.29. The SMILES string of the molecule is O=C(O)N/N=C/c1ccc(-c2ccccn2)cc1. The third-order valence-electron chi connectivity index (χ3n) is 2.25. The number of carboxylic acid groups (broad SMARTS) is 1. The molecular formula is C13H11N3O2. The van der Waals surface area contributed by atoms with Gasteiger partial charge in [0.25, 0.3) is 0 Å². The van der Waals surface area contributed by atoms with Crippen LogP contribution in [0, 0.1) is 0 Å². The molecule has 1 aromatic carbocycles. The lowest BCUT2D eigenvalue weighted by atomic mass is 10.1. The number of benzene rings is 1. The highest BCUT2D eigenvalue weighted by Gasteiger charge is 1.97. The fourth-order valence-corrected chi connectivity index (χ4v) is 1.44. The Kier molecular flexibility index (Phi) is 3.66. The third kappa shape index (κ3) is 3.15. The second-order valence-electron chi connectivity index (χ2n) is 3.51. The van der Waals surface area contributed by atoms with Crippen LogP contribution in [0.2, 0.25) is 0 Å². The first kappa shape index (κ1) is 11.8. The van der Waals surface area contributed by atoms with Gasteiger partial charge in [0, 0.05) is 11.8 Å². The standard InChI is InChI=1S/C13H11N3O2/c17-13(18)16-15-9-10-4-6-11(7-5-10)12-3-1-2-8-14-12/h1-9,16H,(H,17,18)/b15-9+. The summed E-state index contributed by atoms with van der Waals surface area (Å²) >= 11 is 0. The molecule has 0 bridgehead atoms. The topological polar surface area (TPSA) is 74.6 Å². The average molecular weight is 241 g/mol. The van der Waals surface area contributed by atoms with Crippen LogP contribution < -0.4 is 5.43 Å². The Morgan fingerprint density at radius 3 is 2.61 bits per heavy atom. The van der Waals surface area contributed by atoms with Gasteiger partial charge in [-0.1, -0.05) is 30.3 Å². The fraction of sp³-hybridized carbons (Fsp3) is 0. The molecule has 0 saturated carbocycles. The lowest BCUT2D eigenvalue weighted by Gasteiger charge is -2.00. The quantitative estimate of drug-likeness (QED) is 0.639. The first-order chi connectivity index (χ1) is 8.75. The Labute approximate surface area is 104 Å². The zero-order valence-corrected chi connectivity index (χ0v) is 9.45. The molecule has 18 heavy (non-hydrogen) atoms. The van der Waals surface area contributed by atoms with Gasteiger partial charge in [0.05, 0.1) is 11.9 Å². The van der Waals surface area contributed by atoms with Crippen LogP contribution in [0.1, 0.15) is 5.56 Å². The van der Waals surface area contributed by atoms with Crippen molar-refractivity contribution in [3.05, 3.63) is 54.2 Å². The minimum absolute atomic E-state index is 0.809. The summed E-state index contributed by atoms with van der Waals surface area (Å²) in [5.74, 6) is 0. The van der Waals surface area contributed by atoms with E-state index in [2.05, 4.69) is 10.1 Å². The Balaban J connectivity index is 2.11. The maximum atomic E-state index is 10.2. The van der Waals surface area contributed by atoms with E-state index in [0.29, 0.717) is 0 Å². The number of pyridine rings is 1. The van der Waals surface area contributed by atoms with E-state index in [9.17, 15) is 4.79 Å². The molecule has 0 unspecified atom stereocenters. The molecule has 5 nitrogen and oxygen atoms in total. The predicted molar refractivity (Wildman–Crippen MR) is 68.4 cm³/mol. The van der Waals surface area contributed by atoms with E-state index in [1.165, 1.54) is 6.21 Å². The number of nitrogens with one attached hydrogen (secondary N) is 1. The number of hydrogen-bond acceptors (Lipinski definition) is 3. The molecule has 90 valence electrons. The molecular weight excluding hydrogens is 230 g/mol. The maximum absolute atomic E-state index is 10.2. The normalized spacial score (nSPS) is 10.4. The third-order valence-corrected chi connectivity index (χ3v) is 2.25. The van der Waals surface area contributed by atoms with E-state index in [0.717, 1.165) is 16.8 Å². The number of hydrazone groups is 1. The van der Waals surface area contributed by atoms with Crippen molar-refractivity contribution in [3.63, 3.8) is 0 Å². The highest BCUT2D eigenvalue weighted by atomic mass is 16.4. The second-order valence-corrected chi connectivity index (χ2v) is 3.51. The van der Waals surface area contributed by atoms with Gasteiger partial charge in [-0.3, -0.25) is 4.98 Å². The van der Waals surface area contributed by atoms with Crippen LogP contribution in [0.15, 0.2) is 53.8 Å². The van der Waals surface area contributed by atoms with E-state index in [1.807, 2.05) is 47.9 Å². The van der Waals surface area contributed by atoms with Crippen molar-refractivity contribution >= 4 is 12.3 Å². The molecule has 1 aromatic heterocycles. The second kappa shape index (κ2) is 5.58. The first-order valence-electron chi connectivity index (χ1n) is 5.29. The summed E-state index contributed by atoms with van der Waals surface area (Å²) in [5, 5.41) is 11.9. The monoisotopic (exact) mass is 241 g/mol. The molecule has 0 atom stereocenters. The van der Waals surface area contributed by atoms with Gasteiger partial charge >= 0.3 is 6.09 Å². The van der Waals surface area contributed by atoms with E-state index < -0.39 is 6.09 Å². The summed E-state index contributed by atoms with van der Waals surface area (Å²) in [5.41, 5.74) is 4.61. The molecule has 0 aliphatic heterocycles. The molecule has 2 aromatic rings. The number of carbonyl (C=O) groups is 1.